The van der Waals surface area contributed by atoms with E-state index in [-0.39, 0.29) is 0 Å². The van der Waals surface area contributed by atoms with Crippen LogP contribution >= 0.6 is 0 Å². The second-order valence-corrected chi connectivity index (χ2v) is 8.37. The first-order valence-corrected chi connectivity index (χ1v) is 10.6. The summed E-state index contributed by atoms with van der Waals surface area (Å²) in [6.07, 6.45) is 9.05. The van der Waals surface area contributed by atoms with E-state index in [1.165, 1.54) is 56.8 Å². The standard InChI is InChI=1S/C20H31N7/c1-2-8-26-11-10-25(14-18(26)4-1)13-17-12-19-15-24(7-3-9-27(19)23-17)16-20-21-5-6-22-20/h5-6,12,18H,1-4,7-11,13-16H2,(H,21,22). The van der Waals surface area contributed by atoms with Crippen molar-refractivity contribution in [3.63, 3.8) is 0 Å². The smallest absolute Gasteiger partial charge is 0.120 e. The molecule has 0 radical (unpaired) electrons. The van der Waals surface area contributed by atoms with Crippen LogP contribution in [0.15, 0.2) is 18.5 Å². The molecule has 0 saturated carbocycles. The lowest BCUT2D eigenvalue weighted by Gasteiger charge is -2.43. The molecule has 0 bridgehead atoms. The minimum atomic E-state index is 0.775. The molecule has 7 nitrogen and oxygen atoms in total. The number of hydrogen-bond donors (Lipinski definition) is 1. The fourth-order valence-electron chi connectivity index (χ4n) is 4.99. The van der Waals surface area contributed by atoms with Crippen LogP contribution in [0.4, 0.5) is 0 Å². The highest BCUT2D eigenvalue weighted by Gasteiger charge is 2.29. The first kappa shape index (κ1) is 17.4. The van der Waals surface area contributed by atoms with Crippen LogP contribution in [0, 0.1) is 0 Å². The quantitative estimate of drug-likeness (QED) is 0.889. The fraction of sp³-hybridized carbons (Fsp3) is 0.700. The summed E-state index contributed by atoms with van der Waals surface area (Å²) in [5.41, 5.74) is 2.60. The van der Waals surface area contributed by atoms with Gasteiger partial charge in [-0.1, -0.05) is 6.42 Å². The second-order valence-electron chi connectivity index (χ2n) is 8.37. The van der Waals surface area contributed by atoms with Crippen molar-refractivity contribution in [2.75, 3.05) is 32.7 Å². The Balaban J connectivity index is 1.22. The van der Waals surface area contributed by atoms with Gasteiger partial charge in [0.1, 0.15) is 5.82 Å². The van der Waals surface area contributed by atoms with Crippen molar-refractivity contribution in [2.24, 2.45) is 0 Å². The molecule has 0 aliphatic carbocycles. The molecule has 0 aromatic carbocycles. The van der Waals surface area contributed by atoms with E-state index in [2.05, 4.69) is 35.4 Å². The van der Waals surface area contributed by atoms with Gasteiger partial charge in [-0.25, -0.2) is 4.98 Å². The summed E-state index contributed by atoms with van der Waals surface area (Å²) in [7, 11) is 0. The van der Waals surface area contributed by atoms with Gasteiger partial charge in [0.15, 0.2) is 0 Å². The molecule has 27 heavy (non-hydrogen) atoms. The summed E-state index contributed by atoms with van der Waals surface area (Å²) < 4.78 is 2.24. The van der Waals surface area contributed by atoms with E-state index in [0.717, 1.165) is 51.0 Å². The maximum absolute atomic E-state index is 4.95. The number of nitrogens with one attached hydrogen (secondary N) is 1. The molecule has 5 heterocycles. The zero-order valence-electron chi connectivity index (χ0n) is 16.2. The number of piperazine rings is 1. The van der Waals surface area contributed by atoms with Crippen LogP contribution in [0.5, 0.6) is 0 Å². The Kier molecular flexibility index (Phi) is 4.98. The van der Waals surface area contributed by atoms with E-state index in [4.69, 9.17) is 5.10 Å². The summed E-state index contributed by atoms with van der Waals surface area (Å²) in [5, 5.41) is 4.95. The zero-order chi connectivity index (χ0) is 18.1. The summed E-state index contributed by atoms with van der Waals surface area (Å²) in [6.45, 7) is 9.92. The Labute approximate surface area is 161 Å². The number of imidazole rings is 1. The Morgan fingerprint density at radius 2 is 2.00 bits per heavy atom. The van der Waals surface area contributed by atoms with Crippen LogP contribution in [0.25, 0.3) is 0 Å². The van der Waals surface area contributed by atoms with Crippen molar-refractivity contribution in [1.29, 1.82) is 0 Å². The van der Waals surface area contributed by atoms with Crippen LogP contribution < -0.4 is 0 Å². The molecular formula is C20H31N7. The summed E-state index contributed by atoms with van der Waals surface area (Å²) in [5.74, 6) is 1.05. The molecular weight excluding hydrogens is 338 g/mol. The molecule has 0 spiro atoms. The largest absolute Gasteiger partial charge is 0.348 e. The summed E-state index contributed by atoms with van der Waals surface area (Å²) in [6, 6.07) is 3.12. The van der Waals surface area contributed by atoms with Gasteiger partial charge in [0.25, 0.3) is 0 Å². The highest BCUT2D eigenvalue weighted by molar-refractivity contribution is 5.12. The van der Waals surface area contributed by atoms with Crippen LogP contribution in [0.1, 0.15) is 42.9 Å². The number of piperidine rings is 1. The maximum Gasteiger partial charge on any atom is 0.120 e. The molecule has 1 N–H and O–H groups in total. The third kappa shape index (κ3) is 3.95. The molecule has 2 fully saturated rings. The first-order valence-electron chi connectivity index (χ1n) is 10.6. The molecule has 7 heteroatoms. The third-order valence-electron chi connectivity index (χ3n) is 6.38. The monoisotopic (exact) mass is 369 g/mol. The van der Waals surface area contributed by atoms with Crippen LogP contribution in [-0.4, -0.2) is 73.2 Å². The number of H-pyrrole nitrogens is 1. The average molecular weight is 370 g/mol. The molecule has 5 rings (SSSR count). The number of aryl methyl sites for hydroxylation is 1. The van der Waals surface area contributed by atoms with Crippen molar-refractivity contribution in [3.8, 4) is 0 Å². The normalized spacial score (nSPS) is 25.1. The molecule has 2 saturated heterocycles. The van der Waals surface area contributed by atoms with Gasteiger partial charge < -0.3 is 4.98 Å². The predicted molar refractivity (Wildman–Crippen MR) is 104 cm³/mol. The lowest BCUT2D eigenvalue weighted by Crippen LogP contribution is -2.54. The van der Waals surface area contributed by atoms with Gasteiger partial charge in [0.2, 0.25) is 0 Å². The topological polar surface area (TPSA) is 56.2 Å². The number of rotatable bonds is 4. The van der Waals surface area contributed by atoms with Crippen LogP contribution in [-0.2, 0) is 26.2 Å². The SMILES string of the molecule is c1c[nH]c(CN2CCCn3nc(CN4CCN5CCCCC5C4)cc3C2)n1. The molecule has 1 unspecified atom stereocenters. The zero-order valence-corrected chi connectivity index (χ0v) is 16.2. The van der Waals surface area contributed by atoms with Crippen molar-refractivity contribution in [1.82, 2.24) is 34.4 Å². The van der Waals surface area contributed by atoms with E-state index in [0.29, 0.717) is 0 Å². The van der Waals surface area contributed by atoms with Gasteiger partial charge in [-0.05, 0) is 31.9 Å². The third-order valence-corrected chi connectivity index (χ3v) is 6.38. The summed E-state index contributed by atoms with van der Waals surface area (Å²) >= 11 is 0. The van der Waals surface area contributed by atoms with Gasteiger partial charge in [-0.3, -0.25) is 19.4 Å². The highest BCUT2D eigenvalue weighted by Crippen LogP contribution is 2.23. The van der Waals surface area contributed by atoms with E-state index < -0.39 is 0 Å². The number of aromatic nitrogens is 4. The van der Waals surface area contributed by atoms with Crippen molar-refractivity contribution < 1.29 is 0 Å². The first-order chi connectivity index (χ1) is 13.3. The number of aromatic amines is 1. The highest BCUT2D eigenvalue weighted by atomic mass is 15.3. The molecule has 3 aliphatic rings. The Morgan fingerprint density at radius 1 is 1.00 bits per heavy atom. The van der Waals surface area contributed by atoms with Crippen molar-refractivity contribution >= 4 is 0 Å². The van der Waals surface area contributed by atoms with Crippen LogP contribution in [0.2, 0.25) is 0 Å². The Morgan fingerprint density at radius 3 is 2.93 bits per heavy atom. The van der Waals surface area contributed by atoms with E-state index in [1.54, 1.807) is 0 Å². The van der Waals surface area contributed by atoms with E-state index in [1.807, 2.05) is 12.4 Å². The van der Waals surface area contributed by atoms with Crippen molar-refractivity contribution in [3.05, 3.63) is 35.7 Å². The molecule has 2 aromatic heterocycles. The summed E-state index contributed by atoms with van der Waals surface area (Å²) in [4.78, 5) is 15.4. The maximum atomic E-state index is 4.95. The van der Waals surface area contributed by atoms with Gasteiger partial charge in [0, 0.05) is 64.2 Å². The van der Waals surface area contributed by atoms with Gasteiger partial charge in [-0.2, -0.15) is 5.10 Å². The van der Waals surface area contributed by atoms with Gasteiger partial charge >= 0.3 is 0 Å². The lowest BCUT2D eigenvalue weighted by molar-refractivity contribution is 0.0450. The fourth-order valence-corrected chi connectivity index (χ4v) is 4.99. The molecule has 1 atom stereocenters. The molecule has 146 valence electrons. The molecule has 0 amide bonds. The number of nitrogens with zero attached hydrogens (tertiary/aromatic N) is 6. The number of fused-ring (bicyclic) bond motifs is 2. The van der Waals surface area contributed by atoms with Crippen molar-refractivity contribution in [2.45, 2.75) is 57.9 Å². The predicted octanol–water partition coefficient (Wildman–Crippen LogP) is 1.68. The van der Waals surface area contributed by atoms with E-state index in [9.17, 15) is 0 Å². The Hall–Kier alpha value is -1.70. The van der Waals surface area contributed by atoms with Crippen LogP contribution in [0.3, 0.4) is 0 Å². The Bertz CT molecular complexity index is 738. The minimum Gasteiger partial charge on any atom is -0.348 e. The van der Waals surface area contributed by atoms with Gasteiger partial charge in [-0.15, -0.1) is 0 Å². The minimum absolute atomic E-state index is 0.775. The molecule has 3 aliphatic heterocycles. The van der Waals surface area contributed by atoms with E-state index >= 15 is 0 Å². The average Bonchev–Trinajstić information content (AvgIpc) is 3.28. The lowest BCUT2D eigenvalue weighted by atomic mass is 9.99. The van der Waals surface area contributed by atoms with Gasteiger partial charge in [0.05, 0.1) is 17.9 Å². The second kappa shape index (κ2) is 7.73. The molecule has 2 aromatic rings. The number of hydrogen-bond acceptors (Lipinski definition) is 5.